The van der Waals surface area contributed by atoms with Crippen LogP contribution >= 0.6 is 12.4 Å². The van der Waals surface area contributed by atoms with Gasteiger partial charge in [0.15, 0.2) is 0 Å². The number of benzene rings is 1. The minimum Gasteiger partial charge on any atom is -0.355 e. The third-order valence-electron chi connectivity index (χ3n) is 4.41. The molecule has 1 aliphatic rings. The van der Waals surface area contributed by atoms with Crippen molar-refractivity contribution >= 4 is 28.5 Å². The Morgan fingerprint density at radius 3 is 2.65 bits per heavy atom. The van der Waals surface area contributed by atoms with Crippen molar-refractivity contribution < 1.29 is 13.2 Å². The van der Waals surface area contributed by atoms with Crippen molar-refractivity contribution in [2.24, 2.45) is 11.7 Å². The Morgan fingerprint density at radius 1 is 1.35 bits per heavy atom. The average molecular weight is 405 g/mol. The molecule has 3 N–H and O–H groups in total. The number of rotatable bonds is 8. The van der Waals surface area contributed by atoms with E-state index in [4.69, 9.17) is 5.73 Å². The average Bonchev–Trinajstić information content (AvgIpc) is 2.65. The van der Waals surface area contributed by atoms with Crippen molar-refractivity contribution in [3.05, 3.63) is 35.9 Å². The Morgan fingerprint density at radius 2 is 2.04 bits per heavy atom. The van der Waals surface area contributed by atoms with Gasteiger partial charge in [-0.2, -0.15) is 17.0 Å². The first kappa shape index (κ1) is 22.9. The second-order valence-corrected chi connectivity index (χ2v) is 8.12. The van der Waals surface area contributed by atoms with Gasteiger partial charge in [0.1, 0.15) is 0 Å². The molecule has 1 unspecified atom stereocenters. The van der Waals surface area contributed by atoms with Crippen molar-refractivity contribution in [2.75, 3.05) is 32.7 Å². The highest BCUT2D eigenvalue weighted by Gasteiger charge is 2.35. The van der Waals surface area contributed by atoms with Crippen LogP contribution in [0.4, 0.5) is 0 Å². The predicted octanol–water partition coefficient (Wildman–Crippen LogP) is 0.962. The highest BCUT2D eigenvalue weighted by atomic mass is 35.5. The molecule has 7 nitrogen and oxygen atoms in total. The Labute approximate surface area is 162 Å². The third kappa shape index (κ3) is 5.92. The molecule has 0 aliphatic carbocycles. The fourth-order valence-corrected chi connectivity index (χ4v) is 4.71. The first-order valence-corrected chi connectivity index (χ1v) is 10.2. The van der Waals surface area contributed by atoms with Gasteiger partial charge in [-0.3, -0.25) is 4.79 Å². The van der Waals surface area contributed by atoms with Crippen LogP contribution in [0.5, 0.6) is 0 Å². The molecule has 2 rings (SSSR count). The van der Waals surface area contributed by atoms with Crippen LogP contribution in [0.2, 0.25) is 0 Å². The largest absolute Gasteiger partial charge is 0.355 e. The van der Waals surface area contributed by atoms with Gasteiger partial charge in [0.05, 0.1) is 5.92 Å². The molecule has 1 heterocycles. The SMILES string of the molecule is CCN(Cc1ccccc1)S(=O)(=O)N1CCCC(C(=O)NCCN)C1.Cl. The summed E-state index contributed by atoms with van der Waals surface area (Å²) >= 11 is 0. The van der Waals surface area contributed by atoms with Crippen molar-refractivity contribution in [1.29, 1.82) is 0 Å². The standard InChI is InChI=1S/C17H28N4O3S.ClH/c1-2-20(13-15-7-4-3-5-8-15)25(23,24)21-12-6-9-16(14-21)17(22)19-11-10-18;/h3-5,7-8,16H,2,6,9-14,18H2,1H3,(H,19,22);1H. The molecule has 1 aromatic rings. The van der Waals surface area contributed by atoms with Gasteiger partial charge in [-0.25, -0.2) is 0 Å². The molecule has 0 aromatic heterocycles. The Hall–Kier alpha value is -1.19. The minimum atomic E-state index is -3.60. The first-order valence-electron chi connectivity index (χ1n) is 8.76. The van der Waals surface area contributed by atoms with E-state index in [-0.39, 0.29) is 30.8 Å². The molecule has 1 saturated heterocycles. The summed E-state index contributed by atoms with van der Waals surface area (Å²) < 4.78 is 28.9. The summed E-state index contributed by atoms with van der Waals surface area (Å²) in [5.74, 6) is -0.429. The summed E-state index contributed by atoms with van der Waals surface area (Å²) in [5, 5.41) is 2.76. The number of hydrogen-bond donors (Lipinski definition) is 2. The molecular formula is C17H29ClN4O3S. The highest BCUT2D eigenvalue weighted by Crippen LogP contribution is 2.22. The van der Waals surface area contributed by atoms with Gasteiger partial charge >= 0.3 is 0 Å². The Balaban J connectivity index is 0.00000338. The van der Waals surface area contributed by atoms with Crippen LogP contribution in [0, 0.1) is 5.92 Å². The van der Waals surface area contributed by atoms with E-state index in [9.17, 15) is 13.2 Å². The lowest BCUT2D eigenvalue weighted by Crippen LogP contribution is -2.50. The van der Waals surface area contributed by atoms with E-state index in [0.29, 0.717) is 45.6 Å². The lowest BCUT2D eigenvalue weighted by Gasteiger charge is -2.34. The lowest BCUT2D eigenvalue weighted by molar-refractivity contribution is -0.126. The number of nitrogens with one attached hydrogen (secondary N) is 1. The molecule has 0 radical (unpaired) electrons. The molecule has 0 spiro atoms. The molecule has 1 fully saturated rings. The number of amides is 1. The van der Waals surface area contributed by atoms with Crippen LogP contribution in [0.3, 0.4) is 0 Å². The zero-order valence-corrected chi connectivity index (χ0v) is 16.8. The van der Waals surface area contributed by atoms with E-state index >= 15 is 0 Å². The summed E-state index contributed by atoms with van der Waals surface area (Å²) in [5.41, 5.74) is 6.35. The van der Waals surface area contributed by atoms with Crippen molar-refractivity contribution in [3.8, 4) is 0 Å². The smallest absolute Gasteiger partial charge is 0.282 e. The number of halogens is 1. The first-order chi connectivity index (χ1) is 12.0. The molecule has 0 saturated carbocycles. The van der Waals surface area contributed by atoms with Crippen LogP contribution in [0.1, 0.15) is 25.3 Å². The van der Waals surface area contributed by atoms with Gasteiger partial charge in [-0.1, -0.05) is 37.3 Å². The normalized spacial score (nSPS) is 18.3. The van der Waals surface area contributed by atoms with E-state index in [1.807, 2.05) is 37.3 Å². The topological polar surface area (TPSA) is 95.7 Å². The number of nitrogens with zero attached hydrogens (tertiary/aromatic N) is 2. The van der Waals surface area contributed by atoms with Gasteiger partial charge < -0.3 is 11.1 Å². The lowest BCUT2D eigenvalue weighted by atomic mass is 9.99. The number of carbonyl (C=O) groups excluding carboxylic acids is 1. The van der Waals surface area contributed by atoms with E-state index in [0.717, 1.165) is 5.56 Å². The predicted molar refractivity (Wildman–Crippen MR) is 105 cm³/mol. The molecule has 9 heteroatoms. The van der Waals surface area contributed by atoms with Crippen LogP contribution in [-0.2, 0) is 21.5 Å². The molecule has 1 atom stereocenters. The molecule has 1 aromatic carbocycles. The van der Waals surface area contributed by atoms with Crippen molar-refractivity contribution in [2.45, 2.75) is 26.3 Å². The maximum atomic E-state index is 13.0. The minimum absolute atomic E-state index is 0. The van der Waals surface area contributed by atoms with E-state index in [1.54, 1.807) is 0 Å². The summed E-state index contributed by atoms with van der Waals surface area (Å²) in [6.07, 6.45) is 1.38. The number of piperidine rings is 1. The molecular weight excluding hydrogens is 376 g/mol. The number of hydrogen-bond acceptors (Lipinski definition) is 4. The summed E-state index contributed by atoms with van der Waals surface area (Å²) in [7, 11) is -3.60. The van der Waals surface area contributed by atoms with Gasteiger partial charge in [0.2, 0.25) is 5.91 Å². The zero-order chi connectivity index (χ0) is 18.3. The second kappa shape index (κ2) is 10.8. The van der Waals surface area contributed by atoms with Crippen LogP contribution in [0.15, 0.2) is 30.3 Å². The monoisotopic (exact) mass is 404 g/mol. The molecule has 148 valence electrons. The summed E-state index contributed by atoms with van der Waals surface area (Å²) in [6.45, 7) is 4.02. The fourth-order valence-electron chi connectivity index (χ4n) is 3.01. The van der Waals surface area contributed by atoms with Gasteiger partial charge in [0, 0.05) is 39.3 Å². The summed E-state index contributed by atoms with van der Waals surface area (Å²) in [6, 6.07) is 9.53. The van der Waals surface area contributed by atoms with Gasteiger partial charge in [-0.15, -0.1) is 12.4 Å². The molecule has 1 amide bonds. The Bertz CT molecular complexity index is 657. The van der Waals surface area contributed by atoms with Crippen LogP contribution in [-0.4, -0.2) is 55.7 Å². The van der Waals surface area contributed by atoms with E-state index in [2.05, 4.69) is 5.32 Å². The maximum Gasteiger partial charge on any atom is 0.282 e. The van der Waals surface area contributed by atoms with E-state index < -0.39 is 10.2 Å². The Kier molecular flexibility index (Phi) is 9.52. The van der Waals surface area contributed by atoms with E-state index in [1.165, 1.54) is 8.61 Å². The zero-order valence-electron chi connectivity index (χ0n) is 15.1. The van der Waals surface area contributed by atoms with Crippen LogP contribution < -0.4 is 11.1 Å². The quantitative estimate of drug-likeness (QED) is 0.674. The molecule has 26 heavy (non-hydrogen) atoms. The second-order valence-electron chi connectivity index (χ2n) is 6.20. The molecule has 0 bridgehead atoms. The van der Waals surface area contributed by atoms with Crippen molar-refractivity contribution in [1.82, 2.24) is 13.9 Å². The van der Waals surface area contributed by atoms with Crippen LogP contribution in [0.25, 0.3) is 0 Å². The van der Waals surface area contributed by atoms with Crippen molar-refractivity contribution in [3.63, 3.8) is 0 Å². The fraction of sp³-hybridized carbons (Fsp3) is 0.588. The third-order valence-corrected chi connectivity index (χ3v) is 6.43. The maximum absolute atomic E-state index is 13.0. The van der Waals surface area contributed by atoms with Gasteiger partial charge in [0.25, 0.3) is 10.2 Å². The number of carbonyl (C=O) groups is 1. The summed E-state index contributed by atoms with van der Waals surface area (Å²) in [4.78, 5) is 12.2. The highest BCUT2D eigenvalue weighted by molar-refractivity contribution is 7.86. The molecule has 1 aliphatic heterocycles. The van der Waals surface area contributed by atoms with Gasteiger partial charge in [-0.05, 0) is 18.4 Å². The number of nitrogens with two attached hydrogens (primary N) is 1.